The Hall–Kier alpha value is 0.651. The molecule has 11 heavy (non-hydrogen) atoms. The van der Waals surface area contributed by atoms with E-state index in [0.717, 1.165) is 0 Å². The lowest BCUT2D eigenvalue weighted by molar-refractivity contribution is 0.875. The quantitative estimate of drug-likeness (QED) is 0.435. The van der Waals surface area contributed by atoms with E-state index in [2.05, 4.69) is 23.6 Å². The Labute approximate surface area is 78.6 Å². The summed E-state index contributed by atoms with van der Waals surface area (Å²) < 4.78 is 0. The van der Waals surface area contributed by atoms with Gasteiger partial charge in [-0.25, -0.2) is 0 Å². The van der Waals surface area contributed by atoms with Crippen LogP contribution >= 0.6 is 0 Å². The first kappa shape index (κ1) is 11.7. The lowest BCUT2D eigenvalue weighted by Crippen LogP contribution is -2.22. The van der Waals surface area contributed by atoms with Gasteiger partial charge in [0.15, 0.2) is 0 Å². The van der Waals surface area contributed by atoms with E-state index >= 15 is 0 Å². The Kier molecular flexibility index (Phi) is 9.26. The zero-order valence-corrected chi connectivity index (χ0v) is 10.7. The van der Waals surface area contributed by atoms with Gasteiger partial charge in [-0.2, -0.15) is 0 Å². The van der Waals surface area contributed by atoms with Crippen LogP contribution in [0.2, 0.25) is 12.1 Å². The van der Waals surface area contributed by atoms with Gasteiger partial charge in [-0.05, 0) is 0 Å². The van der Waals surface area contributed by atoms with Crippen LogP contribution in [-0.4, -0.2) is 26.6 Å². The van der Waals surface area contributed by atoms with E-state index in [0.29, 0.717) is 0 Å². The van der Waals surface area contributed by atoms with E-state index < -0.39 is 0 Å². The first-order chi connectivity index (χ1) is 5.31. The van der Waals surface area contributed by atoms with E-state index in [1.807, 2.05) is 0 Å². The molecule has 0 aromatic heterocycles. The molecular weight excluding hydrogens is 180 g/mol. The van der Waals surface area contributed by atoms with Gasteiger partial charge >= 0.3 is 0 Å². The Morgan fingerprint density at radius 3 is 2.36 bits per heavy atom. The standard InChI is InChI=1S/C8H18Si3/c1-3-5-7-10-11(9)8-6-4-2/h3-8H2,1-2H3. The molecule has 0 spiro atoms. The van der Waals surface area contributed by atoms with Crippen molar-refractivity contribution in [2.24, 2.45) is 0 Å². The number of unbranched alkanes of at least 4 members (excludes halogenated alkanes) is 2. The zero-order valence-electron chi connectivity index (χ0n) is 7.74. The van der Waals surface area contributed by atoms with Crippen molar-refractivity contribution in [1.82, 2.24) is 0 Å². The Balaban J connectivity index is 3.02. The average Bonchev–Trinajstić information content (AvgIpc) is 2.01. The Morgan fingerprint density at radius 1 is 1.18 bits per heavy atom. The van der Waals surface area contributed by atoms with Gasteiger partial charge in [0.1, 0.15) is 0 Å². The van der Waals surface area contributed by atoms with Crippen molar-refractivity contribution in [1.29, 1.82) is 0 Å². The number of hydrogen-bond acceptors (Lipinski definition) is 0. The highest BCUT2D eigenvalue weighted by atomic mass is 29.5. The average molecular weight is 198 g/mol. The zero-order chi connectivity index (χ0) is 8.53. The summed E-state index contributed by atoms with van der Waals surface area (Å²) in [5.41, 5.74) is 0. The predicted octanol–water partition coefficient (Wildman–Crippen LogP) is 2.37. The van der Waals surface area contributed by atoms with Crippen LogP contribution in [0.4, 0.5) is 0 Å². The summed E-state index contributed by atoms with van der Waals surface area (Å²) in [4.78, 5) is 0. The van der Waals surface area contributed by atoms with Gasteiger partial charge in [-0.15, -0.1) is 0 Å². The van der Waals surface area contributed by atoms with Crippen LogP contribution in [0.5, 0.6) is 0 Å². The molecule has 0 nitrogen and oxygen atoms in total. The highest BCUT2D eigenvalue weighted by Gasteiger charge is 2.02. The molecule has 3 heteroatoms. The molecule has 0 aromatic carbocycles. The fraction of sp³-hybridized carbons (Fsp3) is 1.00. The van der Waals surface area contributed by atoms with Crippen LogP contribution < -0.4 is 0 Å². The topological polar surface area (TPSA) is 0 Å². The fourth-order valence-electron chi connectivity index (χ4n) is 0.858. The summed E-state index contributed by atoms with van der Waals surface area (Å²) in [5.74, 6) is 0. The van der Waals surface area contributed by atoms with Gasteiger partial charge < -0.3 is 0 Å². The van der Waals surface area contributed by atoms with Crippen molar-refractivity contribution >= 4 is 26.6 Å². The fourth-order valence-corrected chi connectivity index (χ4v) is 6.73. The highest BCUT2D eigenvalue weighted by Crippen LogP contribution is 2.01. The Morgan fingerprint density at radius 2 is 1.82 bits per heavy atom. The molecule has 0 rings (SSSR count). The second-order valence-corrected chi connectivity index (χ2v) is 11.4. The second kappa shape index (κ2) is 8.74. The van der Waals surface area contributed by atoms with Crippen LogP contribution in [0.25, 0.3) is 0 Å². The van der Waals surface area contributed by atoms with Gasteiger partial charge in [0, 0.05) is 26.6 Å². The van der Waals surface area contributed by atoms with Crippen LogP contribution in [0.1, 0.15) is 39.5 Å². The molecule has 0 aromatic rings. The van der Waals surface area contributed by atoms with Crippen LogP contribution in [0.15, 0.2) is 0 Å². The molecule has 0 aliphatic heterocycles. The Bertz CT molecular complexity index is 75.7. The molecule has 0 aliphatic rings. The van der Waals surface area contributed by atoms with Crippen molar-refractivity contribution in [3.8, 4) is 0 Å². The third-order valence-electron chi connectivity index (χ3n) is 1.65. The van der Waals surface area contributed by atoms with Crippen molar-refractivity contribution in [3.05, 3.63) is 0 Å². The van der Waals surface area contributed by atoms with Gasteiger partial charge in [0.25, 0.3) is 0 Å². The SMILES string of the molecule is CCCC[Si][Si]([Si])CCCC. The number of rotatable bonds is 7. The minimum Gasteiger partial charge on any atom is -0.0654 e. The number of hydrogen-bond donors (Lipinski definition) is 0. The van der Waals surface area contributed by atoms with Gasteiger partial charge in [-0.1, -0.05) is 51.6 Å². The maximum atomic E-state index is 3.87. The van der Waals surface area contributed by atoms with Crippen LogP contribution in [-0.2, 0) is 0 Å². The summed E-state index contributed by atoms with van der Waals surface area (Å²) in [6.45, 7) is 4.55. The van der Waals surface area contributed by atoms with E-state index in [9.17, 15) is 0 Å². The van der Waals surface area contributed by atoms with Crippen LogP contribution in [0, 0.1) is 0 Å². The normalized spacial score (nSPS) is 10.9. The largest absolute Gasteiger partial charge is 0.0654 e. The van der Waals surface area contributed by atoms with E-state index in [4.69, 9.17) is 0 Å². The lowest BCUT2D eigenvalue weighted by atomic mass is 10.4. The molecule has 6 radical (unpaired) electrons. The molecule has 0 amide bonds. The minimum atomic E-state index is -0.0914. The molecule has 0 aliphatic carbocycles. The van der Waals surface area contributed by atoms with Crippen molar-refractivity contribution < 1.29 is 0 Å². The smallest absolute Gasteiger partial charge is 0.0218 e. The third kappa shape index (κ3) is 8.56. The molecule has 0 N–H and O–H groups in total. The molecule has 0 saturated heterocycles. The molecule has 0 bridgehead atoms. The van der Waals surface area contributed by atoms with E-state index in [-0.39, 0.29) is 7.83 Å². The molecular formula is C8H18Si3. The van der Waals surface area contributed by atoms with E-state index in [1.165, 1.54) is 46.8 Å². The van der Waals surface area contributed by atoms with Crippen LogP contribution in [0.3, 0.4) is 0 Å². The summed E-state index contributed by atoms with van der Waals surface area (Å²) in [6, 6.07) is 2.94. The second-order valence-electron chi connectivity index (χ2n) is 2.86. The van der Waals surface area contributed by atoms with Crippen molar-refractivity contribution in [3.63, 3.8) is 0 Å². The van der Waals surface area contributed by atoms with E-state index in [1.54, 1.807) is 0 Å². The highest BCUT2D eigenvalue weighted by molar-refractivity contribution is 7.34. The summed E-state index contributed by atoms with van der Waals surface area (Å²) in [7, 11) is 5.02. The van der Waals surface area contributed by atoms with Crippen molar-refractivity contribution in [2.45, 2.75) is 51.6 Å². The van der Waals surface area contributed by atoms with Gasteiger partial charge in [-0.3, -0.25) is 0 Å². The minimum absolute atomic E-state index is 0.0914. The maximum absolute atomic E-state index is 3.87. The third-order valence-corrected chi connectivity index (χ3v) is 8.65. The molecule has 0 saturated carbocycles. The van der Waals surface area contributed by atoms with Crippen molar-refractivity contribution in [2.75, 3.05) is 0 Å². The molecule has 62 valence electrons. The predicted molar refractivity (Wildman–Crippen MR) is 56.7 cm³/mol. The summed E-state index contributed by atoms with van der Waals surface area (Å²) >= 11 is 0. The summed E-state index contributed by atoms with van der Waals surface area (Å²) in [6.07, 6.45) is 5.58. The van der Waals surface area contributed by atoms with Gasteiger partial charge in [0.2, 0.25) is 0 Å². The maximum Gasteiger partial charge on any atom is 0.0218 e. The molecule has 0 fully saturated rings. The monoisotopic (exact) mass is 198 g/mol. The molecule has 0 unspecified atom stereocenters. The summed E-state index contributed by atoms with van der Waals surface area (Å²) in [5, 5.41) is 0. The van der Waals surface area contributed by atoms with Gasteiger partial charge in [0.05, 0.1) is 0 Å². The first-order valence-electron chi connectivity index (χ1n) is 4.62. The lowest BCUT2D eigenvalue weighted by Gasteiger charge is -2.06. The molecule has 0 atom stereocenters. The molecule has 0 heterocycles. The first-order valence-corrected chi connectivity index (χ1v) is 10.0.